The second-order valence-electron chi connectivity index (χ2n) is 4.61. The maximum absolute atomic E-state index is 6.08. The second kappa shape index (κ2) is 3.70. The van der Waals surface area contributed by atoms with Crippen LogP contribution in [-0.2, 0) is 10.4 Å². The highest BCUT2D eigenvalue weighted by Crippen LogP contribution is 2.45. The number of halogens is 1. The predicted molar refractivity (Wildman–Crippen MR) is 62.3 cm³/mol. The molecule has 0 aliphatic carbocycles. The fourth-order valence-corrected chi connectivity index (χ4v) is 3.11. The molecule has 0 aromatic heterocycles. The fourth-order valence-electron chi connectivity index (χ4n) is 2.78. The van der Waals surface area contributed by atoms with Crippen molar-refractivity contribution in [2.45, 2.75) is 31.4 Å². The van der Waals surface area contributed by atoms with Crippen molar-refractivity contribution in [1.29, 1.82) is 0 Å². The molecule has 2 heterocycles. The van der Waals surface area contributed by atoms with E-state index in [0.29, 0.717) is 6.04 Å². The molecular formula is C12H15ClN2O. The molecule has 1 aromatic carbocycles. The number of nitrogens with zero attached hydrogens (tertiary/aromatic N) is 2. The minimum atomic E-state index is -0.320. The lowest BCUT2D eigenvalue weighted by molar-refractivity contribution is -0.190. The molecule has 0 bridgehead atoms. The minimum Gasteiger partial charge on any atom is -0.256 e. The largest absolute Gasteiger partial charge is 0.256 e. The molecule has 0 radical (unpaired) electrons. The predicted octanol–water partition coefficient (Wildman–Crippen LogP) is 2.68. The maximum Gasteiger partial charge on any atom is 0.132 e. The minimum absolute atomic E-state index is 0.320. The summed E-state index contributed by atoms with van der Waals surface area (Å²) in [6.45, 7) is 3.10. The highest BCUT2D eigenvalue weighted by molar-refractivity contribution is 6.12. The van der Waals surface area contributed by atoms with Crippen molar-refractivity contribution in [3.8, 4) is 0 Å². The van der Waals surface area contributed by atoms with Gasteiger partial charge in [0.15, 0.2) is 0 Å². The van der Waals surface area contributed by atoms with E-state index in [1.54, 1.807) is 0 Å². The van der Waals surface area contributed by atoms with Gasteiger partial charge in [0.1, 0.15) is 5.60 Å². The summed E-state index contributed by atoms with van der Waals surface area (Å²) < 4.78 is 1.39. The summed E-state index contributed by atoms with van der Waals surface area (Å²) in [7, 11) is 0. The first-order valence-electron chi connectivity index (χ1n) is 5.69. The van der Waals surface area contributed by atoms with Gasteiger partial charge in [-0.2, -0.15) is 5.01 Å². The Hall–Kier alpha value is -0.610. The van der Waals surface area contributed by atoms with Crippen LogP contribution in [-0.4, -0.2) is 22.3 Å². The Morgan fingerprint density at radius 2 is 2.12 bits per heavy atom. The molecule has 2 aliphatic heterocycles. The van der Waals surface area contributed by atoms with Crippen molar-refractivity contribution < 1.29 is 4.84 Å². The first-order chi connectivity index (χ1) is 7.72. The van der Waals surface area contributed by atoms with Gasteiger partial charge in [-0.3, -0.25) is 4.84 Å². The van der Waals surface area contributed by atoms with E-state index in [9.17, 15) is 0 Å². The van der Waals surface area contributed by atoms with Gasteiger partial charge < -0.3 is 0 Å². The van der Waals surface area contributed by atoms with Crippen molar-refractivity contribution in [2.24, 2.45) is 0 Å². The van der Waals surface area contributed by atoms with E-state index in [2.05, 4.69) is 24.1 Å². The van der Waals surface area contributed by atoms with Crippen LogP contribution in [0.25, 0.3) is 0 Å². The van der Waals surface area contributed by atoms with Crippen molar-refractivity contribution >= 4 is 11.8 Å². The Bertz CT molecular complexity index is 386. The molecule has 16 heavy (non-hydrogen) atoms. The third-order valence-corrected chi connectivity index (χ3v) is 3.94. The van der Waals surface area contributed by atoms with Gasteiger partial charge in [-0.25, -0.2) is 0 Å². The zero-order valence-corrected chi connectivity index (χ0v) is 10.0. The number of hydrogen-bond donors (Lipinski definition) is 0. The summed E-state index contributed by atoms with van der Waals surface area (Å²) in [5.41, 5.74) is 0.870. The van der Waals surface area contributed by atoms with Crippen LogP contribution in [0.5, 0.6) is 0 Å². The highest BCUT2D eigenvalue weighted by atomic mass is 35.5. The van der Waals surface area contributed by atoms with E-state index >= 15 is 0 Å². The molecule has 0 saturated carbocycles. The molecule has 2 saturated heterocycles. The number of rotatable bonds is 1. The van der Waals surface area contributed by atoms with Crippen LogP contribution in [0.2, 0.25) is 0 Å². The first-order valence-corrected chi connectivity index (χ1v) is 6.03. The summed E-state index contributed by atoms with van der Waals surface area (Å²) in [5, 5.41) is 2.11. The van der Waals surface area contributed by atoms with Gasteiger partial charge in [0.2, 0.25) is 0 Å². The molecule has 2 fully saturated rings. The molecular weight excluding hydrogens is 224 g/mol. The maximum atomic E-state index is 6.08. The molecule has 1 aromatic rings. The van der Waals surface area contributed by atoms with Gasteiger partial charge in [-0.1, -0.05) is 30.3 Å². The first kappa shape index (κ1) is 10.5. The van der Waals surface area contributed by atoms with Gasteiger partial charge in [0.25, 0.3) is 0 Å². The summed E-state index contributed by atoms with van der Waals surface area (Å²) >= 11 is 6.08. The van der Waals surface area contributed by atoms with E-state index in [-0.39, 0.29) is 5.60 Å². The summed E-state index contributed by atoms with van der Waals surface area (Å²) in [6.07, 6.45) is 2.31. The van der Waals surface area contributed by atoms with Crippen LogP contribution in [0.3, 0.4) is 0 Å². The van der Waals surface area contributed by atoms with Crippen molar-refractivity contribution in [3.05, 3.63) is 35.9 Å². The zero-order valence-electron chi connectivity index (χ0n) is 9.27. The average molecular weight is 239 g/mol. The molecule has 0 unspecified atom stereocenters. The Morgan fingerprint density at radius 1 is 1.38 bits per heavy atom. The van der Waals surface area contributed by atoms with Crippen molar-refractivity contribution in [1.82, 2.24) is 9.70 Å². The Morgan fingerprint density at radius 3 is 2.88 bits per heavy atom. The van der Waals surface area contributed by atoms with E-state index in [4.69, 9.17) is 16.6 Å². The Kier molecular flexibility index (Phi) is 2.44. The third kappa shape index (κ3) is 1.39. The number of hydrogen-bond acceptors (Lipinski definition) is 3. The Balaban J connectivity index is 1.99. The number of hydrazine groups is 1. The monoisotopic (exact) mass is 238 g/mol. The van der Waals surface area contributed by atoms with Crippen LogP contribution >= 0.6 is 11.8 Å². The van der Waals surface area contributed by atoms with Crippen LogP contribution in [0.4, 0.5) is 0 Å². The average Bonchev–Trinajstić information content (AvgIpc) is 2.86. The highest BCUT2D eigenvalue weighted by Gasteiger charge is 2.53. The quantitative estimate of drug-likeness (QED) is 0.700. The van der Waals surface area contributed by atoms with Gasteiger partial charge in [0.05, 0.1) is 6.04 Å². The molecule has 4 heteroatoms. The lowest BCUT2D eigenvalue weighted by atomic mass is 9.87. The van der Waals surface area contributed by atoms with Gasteiger partial charge >= 0.3 is 0 Å². The normalized spacial score (nSPS) is 35.5. The van der Waals surface area contributed by atoms with Crippen LogP contribution < -0.4 is 0 Å². The summed E-state index contributed by atoms with van der Waals surface area (Å²) in [4.78, 5) is 5.83. The van der Waals surface area contributed by atoms with Gasteiger partial charge in [0, 0.05) is 18.3 Å². The second-order valence-corrected chi connectivity index (χ2v) is 4.90. The standard InChI is InChI=1S/C12H15ClN2O/c1-12(10-6-3-2-4-7-10)11-8-5-9-14(11)15(13)16-12/h2-4,6-7,11H,5,8-9H2,1H3/t11-,12+/m1/s1. The van der Waals surface area contributed by atoms with Crippen LogP contribution in [0.1, 0.15) is 25.3 Å². The molecule has 3 rings (SSSR count). The third-order valence-electron chi connectivity index (χ3n) is 3.67. The lowest BCUT2D eigenvalue weighted by Gasteiger charge is -2.27. The topological polar surface area (TPSA) is 15.7 Å². The van der Waals surface area contributed by atoms with E-state index in [0.717, 1.165) is 13.0 Å². The molecule has 2 atom stereocenters. The van der Waals surface area contributed by atoms with E-state index in [1.165, 1.54) is 16.7 Å². The van der Waals surface area contributed by atoms with Gasteiger partial charge in [-0.15, -0.1) is 0 Å². The molecule has 0 amide bonds. The summed E-state index contributed by atoms with van der Waals surface area (Å²) in [5.74, 6) is 0. The smallest absolute Gasteiger partial charge is 0.132 e. The number of fused-ring (bicyclic) bond motifs is 1. The fraction of sp³-hybridized carbons (Fsp3) is 0.500. The van der Waals surface area contributed by atoms with Gasteiger partial charge in [-0.05, 0) is 30.0 Å². The van der Waals surface area contributed by atoms with Crippen LogP contribution in [0, 0.1) is 0 Å². The van der Waals surface area contributed by atoms with Crippen molar-refractivity contribution in [3.63, 3.8) is 0 Å². The number of benzene rings is 1. The van der Waals surface area contributed by atoms with E-state index < -0.39 is 0 Å². The Labute approximate surface area is 101 Å². The molecule has 86 valence electrons. The SMILES string of the molecule is C[C@@]1(c2ccccc2)ON(Cl)N2CCC[C@@H]21. The van der Waals surface area contributed by atoms with Crippen molar-refractivity contribution in [2.75, 3.05) is 6.54 Å². The molecule has 3 nitrogen and oxygen atoms in total. The lowest BCUT2D eigenvalue weighted by Crippen LogP contribution is -2.37. The molecule has 0 spiro atoms. The summed E-state index contributed by atoms with van der Waals surface area (Å²) in [6, 6.07) is 10.7. The molecule has 0 N–H and O–H groups in total. The zero-order chi connectivity index (χ0) is 11.2. The molecule has 2 aliphatic rings. The van der Waals surface area contributed by atoms with E-state index in [1.807, 2.05) is 18.2 Å². The van der Waals surface area contributed by atoms with Crippen LogP contribution in [0.15, 0.2) is 30.3 Å².